The van der Waals surface area contributed by atoms with Gasteiger partial charge in [0.25, 0.3) is 11.8 Å². The number of hydrogen-bond donors (Lipinski definition) is 3. The average molecular weight is 619 g/mol. The van der Waals surface area contributed by atoms with Crippen LogP contribution >= 0.6 is 23.4 Å². The van der Waals surface area contributed by atoms with E-state index < -0.39 is 17.1 Å². The molecule has 1 aromatic heterocycles. The van der Waals surface area contributed by atoms with Crippen molar-refractivity contribution >= 4 is 58.5 Å². The minimum atomic E-state index is -0.590. The van der Waals surface area contributed by atoms with E-state index >= 15 is 0 Å². The topological polar surface area (TPSA) is 100 Å². The first-order chi connectivity index (χ1) is 21.4. The van der Waals surface area contributed by atoms with E-state index in [2.05, 4.69) is 20.9 Å². The Hall–Kier alpha value is -5.18. The van der Waals surface area contributed by atoms with Gasteiger partial charge in [-0.15, -0.1) is 11.8 Å². The van der Waals surface area contributed by atoms with E-state index in [-0.39, 0.29) is 11.6 Å². The summed E-state index contributed by atoms with van der Waals surface area (Å²) in [5, 5.41) is 8.49. The van der Waals surface area contributed by atoms with Crippen LogP contribution in [0.1, 0.15) is 26.7 Å². The summed E-state index contributed by atoms with van der Waals surface area (Å²) >= 11 is 7.46. The zero-order valence-corrected chi connectivity index (χ0v) is 24.9. The number of thioether (sulfide) groups is 1. The number of rotatable bonds is 10. The van der Waals surface area contributed by atoms with Crippen LogP contribution in [0.4, 0.5) is 11.4 Å². The van der Waals surface area contributed by atoms with Gasteiger partial charge in [-0.3, -0.25) is 19.4 Å². The van der Waals surface area contributed by atoms with Crippen LogP contribution in [0.5, 0.6) is 0 Å². The Morgan fingerprint density at radius 1 is 0.750 bits per heavy atom. The number of anilines is 2. The van der Waals surface area contributed by atoms with E-state index in [4.69, 9.17) is 11.6 Å². The van der Waals surface area contributed by atoms with Gasteiger partial charge in [0.2, 0.25) is 5.91 Å². The molecule has 4 aromatic carbocycles. The molecule has 0 saturated heterocycles. The lowest BCUT2D eigenvalue weighted by Crippen LogP contribution is -2.30. The Morgan fingerprint density at radius 3 is 2.16 bits per heavy atom. The molecular weight excluding hydrogens is 592 g/mol. The van der Waals surface area contributed by atoms with Crippen molar-refractivity contribution in [3.05, 3.63) is 161 Å². The number of aromatic nitrogens is 1. The summed E-state index contributed by atoms with van der Waals surface area (Å²) in [4.78, 5) is 44.7. The summed E-state index contributed by atoms with van der Waals surface area (Å²) in [5.41, 5.74) is 3.01. The lowest BCUT2D eigenvalue weighted by molar-refractivity contribution is -0.116. The Bertz CT molecular complexity index is 1780. The lowest BCUT2D eigenvalue weighted by atomic mass is 10.1. The normalized spacial score (nSPS) is 11.7. The number of pyridine rings is 1. The largest absolute Gasteiger partial charge is 0.325 e. The molecule has 9 heteroatoms. The van der Waals surface area contributed by atoms with Crippen molar-refractivity contribution in [1.29, 1.82) is 0 Å². The zero-order chi connectivity index (χ0) is 30.7. The van der Waals surface area contributed by atoms with Crippen molar-refractivity contribution in [1.82, 2.24) is 10.3 Å². The summed E-state index contributed by atoms with van der Waals surface area (Å²) in [6, 6.07) is 35.8. The number of nitrogens with zero attached hydrogens (tertiary/aromatic N) is 1. The first-order valence-electron chi connectivity index (χ1n) is 13.6. The second-order valence-electron chi connectivity index (χ2n) is 9.55. The molecule has 0 spiro atoms. The predicted molar refractivity (Wildman–Crippen MR) is 176 cm³/mol. The molecule has 0 aliphatic carbocycles. The standard InChI is InChI=1S/C35H27ClN4O3S/c36-27-15-7-16-28(21-27)39-35(43)32(25-11-3-1-4-12-25)44-30-18-8-17-29(22-30)38-34(42)31(20-24-10-9-19-37-23-24)40-33(41)26-13-5-2-6-14-26/h1-23,32H,(H,38,42)(H,39,43)(H,40,41)/b31-20-. The van der Waals surface area contributed by atoms with Crippen LogP contribution in [0.2, 0.25) is 5.02 Å². The van der Waals surface area contributed by atoms with Crippen molar-refractivity contribution in [2.45, 2.75) is 10.1 Å². The van der Waals surface area contributed by atoms with Gasteiger partial charge in [0.1, 0.15) is 10.9 Å². The number of hydrogen-bond acceptors (Lipinski definition) is 5. The van der Waals surface area contributed by atoms with E-state index in [0.717, 1.165) is 10.5 Å². The highest BCUT2D eigenvalue weighted by molar-refractivity contribution is 8.00. The second kappa shape index (κ2) is 14.8. The van der Waals surface area contributed by atoms with Gasteiger partial charge in [-0.25, -0.2) is 0 Å². The highest BCUT2D eigenvalue weighted by Crippen LogP contribution is 2.37. The Morgan fingerprint density at radius 2 is 1.45 bits per heavy atom. The van der Waals surface area contributed by atoms with E-state index in [1.54, 1.807) is 97.3 Å². The van der Waals surface area contributed by atoms with Crippen molar-refractivity contribution in [3.8, 4) is 0 Å². The summed E-state index contributed by atoms with van der Waals surface area (Å²) in [6.07, 6.45) is 4.78. The molecule has 3 N–H and O–H groups in total. The van der Waals surface area contributed by atoms with Gasteiger partial charge < -0.3 is 16.0 Å². The second-order valence-corrected chi connectivity index (χ2v) is 11.2. The monoisotopic (exact) mass is 618 g/mol. The third-order valence-electron chi connectivity index (χ3n) is 6.30. The van der Waals surface area contributed by atoms with Gasteiger partial charge in [-0.05, 0) is 71.8 Å². The molecule has 0 fully saturated rings. The van der Waals surface area contributed by atoms with Gasteiger partial charge in [0, 0.05) is 39.3 Å². The number of amides is 3. The van der Waals surface area contributed by atoms with Crippen LogP contribution in [0.15, 0.2) is 144 Å². The van der Waals surface area contributed by atoms with E-state index in [1.165, 1.54) is 11.8 Å². The molecule has 44 heavy (non-hydrogen) atoms. The maximum atomic E-state index is 13.5. The van der Waals surface area contributed by atoms with Crippen LogP contribution < -0.4 is 16.0 Å². The maximum Gasteiger partial charge on any atom is 0.272 e. The van der Waals surface area contributed by atoms with Gasteiger partial charge >= 0.3 is 0 Å². The van der Waals surface area contributed by atoms with E-state index in [0.29, 0.717) is 27.5 Å². The highest BCUT2D eigenvalue weighted by atomic mass is 35.5. The molecule has 1 unspecified atom stereocenters. The van der Waals surface area contributed by atoms with Crippen LogP contribution in [0.3, 0.4) is 0 Å². The molecule has 1 atom stereocenters. The van der Waals surface area contributed by atoms with Gasteiger partial charge in [0.15, 0.2) is 0 Å². The molecule has 0 saturated carbocycles. The third-order valence-corrected chi connectivity index (χ3v) is 7.79. The molecule has 0 aliphatic rings. The molecular formula is C35H27ClN4O3S. The predicted octanol–water partition coefficient (Wildman–Crippen LogP) is 7.62. The third kappa shape index (κ3) is 8.44. The number of carbonyl (C=O) groups excluding carboxylic acids is 3. The smallest absolute Gasteiger partial charge is 0.272 e. The number of nitrogens with one attached hydrogen (secondary N) is 3. The minimum absolute atomic E-state index is 0.0490. The first-order valence-corrected chi connectivity index (χ1v) is 14.9. The summed E-state index contributed by atoms with van der Waals surface area (Å²) in [7, 11) is 0. The van der Waals surface area contributed by atoms with Crippen LogP contribution in [0.25, 0.3) is 6.08 Å². The van der Waals surface area contributed by atoms with Crippen molar-refractivity contribution in [2.24, 2.45) is 0 Å². The number of benzene rings is 4. The maximum absolute atomic E-state index is 13.5. The first kappa shape index (κ1) is 30.3. The summed E-state index contributed by atoms with van der Waals surface area (Å²) < 4.78 is 0. The number of carbonyl (C=O) groups is 3. The van der Waals surface area contributed by atoms with Gasteiger partial charge in [-0.2, -0.15) is 0 Å². The molecule has 0 radical (unpaired) electrons. The molecule has 1 heterocycles. The molecule has 3 amide bonds. The molecule has 0 aliphatic heterocycles. The van der Waals surface area contributed by atoms with Crippen LogP contribution in [-0.2, 0) is 9.59 Å². The quantitative estimate of drug-likeness (QED) is 0.110. The molecule has 0 bridgehead atoms. The summed E-state index contributed by atoms with van der Waals surface area (Å²) in [5.74, 6) is -1.15. The van der Waals surface area contributed by atoms with Crippen molar-refractivity contribution in [2.75, 3.05) is 10.6 Å². The van der Waals surface area contributed by atoms with Crippen LogP contribution in [0, 0.1) is 0 Å². The number of halogens is 1. The fourth-order valence-electron chi connectivity index (χ4n) is 4.23. The van der Waals surface area contributed by atoms with E-state index in [9.17, 15) is 14.4 Å². The Labute approximate surface area is 264 Å². The zero-order valence-electron chi connectivity index (χ0n) is 23.3. The fourth-order valence-corrected chi connectivity index (χ4v) is 5.50. The van der Waals surface area contributed by atoms with Crippen molar-refractivity contribution in [3.63, 3.8) is 0 Å². The SMILES string of the molecule is O=C(Nc1cccc(SC(C(=O)Nc2cccc(Cl)c2)c2ccccc2)c1)/C(=C/c1cccnc1)NC(=O)c1ccccc1. The highest BCUT2D eigenvalue weighted by Gasteiger charge is 2.23. The Kier molecular flexibility index (Phi) is 10.2. The lowest BCUT2D eigenvalue weighted by Gasteiger charge is -2.18. The van der Waals surface area contributed by atoms with Crippen LogP contribution in [-0.4, -0.2) is 22.7 Å². The average Bonchev–Trinajstić information content (AvgIpc) is 3.05. The van der Waals surface area contributed by atoms with E-state index in [1.807, 2.05) is 42.5 Å². The summed E-state index contributed by atoms with van der Waals surface area (Å²) in [6.45, 7) is 0. The molecule has 218 valence electrons. The molecule has 7 nitrogen and oxygen atoms in total. The van der Waals surface area contributed by atoms with Gasteiger partial charge in [-0.1, -0.05) is 78.3 Å². The molecule has 5 rings (SSSR count). The van der Waals surface area contributed by atoms with Crippen molar-refractivity contribution < 1.29 is 14.4 Å². The Balaban J connectivity index is 1.36. The molecule has 5 aromatic rings. The minimum Gasteiger partial charge on any atom is -0.325 e. The van der Waals surface area contributed by atoms with Gasteiger partial charge in [0.05, 0.1) is 0 Å². The fraction of sp³-hybridized carbons (Fsp3) is 0.0286.